The quantitative estimate of drug-likeness (QED) is 0.731. The van der Waals surface area contributed by atoms with Crippen molar-refractivity contribution in [1.29, 1.82) is 0 Å². The summed E-state index contributed by atoms with van der Waals surface area (Å²) >= 11 is 0. The Bertz CT molecular complexity index is 416. The third-order valence-corrected chi connectivity index (χ3v) is 3.43. The third-order valence-electron chi connectivity index (χ3n) is 3.43. The zero-order valence-electron chi connectivity index (χ0n) is 10.5. The second-order valence-corrected chi connectivity index (χ2v) is 5.08. The molecule has 0 aromatic heterocycles. The molecule has 4 heteroatoms. The molecule has 1 aromatic carbocycles. The van der Waals surface area contributed by atoms with Crippen LogP contribution in [0.2, 0.25) is 0 Å². The van der Waals surface area contributed by atoms with Crippen molar-refractivity contribution >= 4 is 5.91 Å². The number of rotatable bonds is 5. The van der Waals surface area contributed by atoms with E-state index in [1.54, 1.807) is 24.3 Å². The van der Waals surface area contributed by atoms with Crippen LogP contribution in [0.3, 0.4) is 0 Å². The topological polar surface area (TPSA) is 69.6 Å². The summed E-state index contributed by atoms with van der Waals surface area (Å²) < 4.78 is 0. The predicted octanol–water partition coefficient (Wildman–Crippen LogP) is 1.07. The Balaban J connectivity index is 1.88. The highest BCUT2D eigenvalue weighted by atomic mass is 16.3. The van der Waals surface area contributed by atoms with Crippen LogP contribution in [0.1, 0.15) is 18.9 Å². The number of amides is 1. The molecule has 4 nitrogen and oxygen atoms in total. The molecule has 2 rings (SSSR count). The van der Waals surface area contributed by atoms with Gasteiger partial charge in [0.1, 0.15) is 5.75 Å². The van der Waals surface area contributed by atoms with E-state index in [4.69, 9.17) is 0 Å². The van der Waals surface area contributed by atoms with Crippen molar-refractivity contribution in [3.8, 4) is 5.75 Å². The lowest BCUT2D eigenvalue weighted by molar-refractivity contribution is -0.123. The fraction of sp³-hybridized carbons (Fsp3) is 0.500. The van der Waals surface area contributed by atoms with E-state index in [0.29, 0.717) is 12.3 Å². The molecule has 0 aliphatic heterocycles. The largest absolute Gasteiger partial charge is 0.508 e. The summed E-state index contributed by atoms with van der Waals surface area (Å²) in [7, 11) is 0. The molecule has 18 heavy (non-hydrogen) atoms. The van der Waals surface area contributed by atoms with Crippen LogP contribution >= 0.6 is 0 Å². The second-order valence-electron chi connectivity index (χ2n) is 5.08. The van der Waals surface area contributed by atoms with Gasteiger partial charge < -0.3 is 15.5 Å². The molecular weight excluding hydrogens is 230 g/mol. The molecule has 0 spiro atoms. The lowest BCUT2D eigenvalue weighted by Crippen LogP contribution is -2.40. The average molecular weight is 249 g/mol. The Morgan fingerprint density at radius 3 is 2.56 bits per heavy atom. The Kier molecular flexibility index (Phi) is 3.87. The number of hydrogen-bond acceptors (Lipinski definition) is 3. The highest BCUT2D eigenvalue weighted by molar-refractivity contribution is 5.81. The van der Waals surface area contributed by atoms with E-state index in [2.05, 4.69) is 12.2 Å². The average Bonchev–Trinajstić information content (AvgIpc) is 3.08. The summed E-state index contributed by atoms with van der Waals surface area (Å²) in [6, 6.07) is 6.55. The van der Waals surface area contributed by atoms with E-state index in [9.17, 15) is 15.0 Å². The Hall–Kier alpha value is -1.55. The molecular formula is C14H19NO3. The van der Waals surface area contributed by atoms with Crippen LogP contribution in [0.25, 0.3) is 0 Å². The van der Waals surface area contributed by atoms with Crippen LogP contribution in [0.5, 0.6) is 5.75 Å². The van der Waals surface area contributed by atoms with E-state index in [1.165, 1.54) is 0 Å². The van der Waals surface area contributed by atoms with Gasteiger partial charge in [0.05, 0.1) is 12.6 Å². The van der Waals surface area contributed by atoms with Gasteiger partial charge in [-0.25, -0.2) is 0 Å². The molecule has 0 radical (unpaired) electrons. The van der Waals surface area contributed by atoms with Gasteiger partial charge in [0.25, 0.3) is 0 Å². The van der Waals surface area contributed by atoms with E-state index < -0.39 is 0 Å². The molecule has 1 aromatic rings. The number of hydrogen-bond donors (Lipinski definition) is 3. The van der Waals surface area contributed by atoms with Crippen LogP contribution < -0.4 is 5.32 Å². The highest BCUT2D eigenvalue weighted by Gasteiger charge is 2.39. The third kappa shape index (κ3) is 3.23. The summed E-state index contributed by atoms with van der Waals surface area (Å²) in [5.41, 5.74) is 0.982. The van der Waals surface area contributed by atoms with Gasteiger partial charge in [-0.05, 0) is 36.5 Å². The number of phenols is 1. The first-order chi connectivity index (χ1) is 8.60. The molecule has 0 saturated heterocycles. The van der Waals surface area contributed by atoms with Gasteiger partial charge >= 0.3 is 0 Å². The fourth-order valence-electron chi connectivity index (χ4n) is 2.07. The summed E-state index contributed by atoms with van der Waals surface area (Å²) in [5.74, 6) is 0.854. The predicted molar refractivity (Wildman–Crippen MR) is 68.1 cm³/mol. The number of benzene rings is 1. The molecule has 98 valence electrons. The van der Waals surface area contributed by atoms with Crippen molar-refractivity contribution in [2.45, 2.75) is 25.8 Å². The monoisotopic (exact) mass is 249 g/mol. The summed E-state index contributed by atoms with van der Waals surface area (Å²) in [6.07, 6.45) is 1.52. The van der Waals surface area contributed by atoms with Crippen LogP contribution in [0, 0.1) is 11.8 Å². The fourth-order valence-corrected chi connectivity index (χ4v) is 2.07. The molecule has 1 aliphatic carbocycles. The molecule has 0 heterocycles. The van der Waals surface area contributed by atoms with Crippen LogP contribution in [-0.2, 0) is 11.2 Å². The van der Waals surface area contributed by atoms with Crippen LogP contribution in [0.15, 0.2) is 24.3 Å². The first-order valence-electron chi connectivity index (χ1n) is 6.29. The number of nitrogens with one attached hydrogen (secondary N) is 1. The zero-order chi connectivity index (χ0) is 13.1. The first-order valence-corrected chi connectivity index (χ1v) is 6.29. The minimum atomic E-state index is -0.255. The van der Waals surface area contributed by atoms with Crippen LogP contribution in [0.4, 0.5) is 0 Å². The van der Waals surface area contributed by atoms with E-state index in [1.807, 2.05) is 0 Å². The SMILES string of the molecule is CC1CC1C(=O)N[C@H](CO)Cc1ccc(O)cc1. The molecule has 1 amide bonds. The maximum Gasteiger partial charge on any atom is 0.223 e. The lowest BCUT2D eigenvalue weighted by atomic mass is 10.1. The molecule has 2 unspecified atom stereocenters. The van der Waals surface area contributed by atoms with Crippen LogP contribution in [-0.4, -0.2) is 28.8 Å². The molecule has 1 aliphatic rings. The van der Waals surface area contributed by atoms with Crippen molar-refractivity contribution in [3.05, 3.63) is 29.8 Å². The number of aliphatic hydroxyl groups is 1. The number of carbonyl (C=O) groups is 1. The maximum atomic E-state index is 11.8. The zero-order valence-corrected chi connectivity index (χ0v) is 10.5. The second kappa shape index (κ2) is 5.40. The van der Waals surface area contributed by atoms with E-state index in [0.717, 1.165) is 12.0 Å². The minimum Gasteiger partial charge on any atom is -0.508 e. The molecule has 3 atom stereocenters. The van der Waals surface area contributed by atoms with Crippen molar-refractivity contribution in [2.75, 3.05) is 6.61 Å². The smallest absolute Gasteiger partial charge is 0.223 e. The van der Waals surface area contributed by atoms with E-state index in [-0.39, 0.29) is 30.2 Å². The van der Waals surface area contributed by atoms with Gasteiger partial charge in [-0.2, -0.15) is 0 Å². The van der Waals surface area contributed by atoms with Crippen molar-refractivity contribution < 1.29 is 15.0 Å². The summed E-state index contributed by atoms with van der Waals surface area (Å²) in [5, 5.41) is 21.4. The van der Waals surface area contributed by atoms with Gasteiger partial charge in [-0.3, -0.25) is 4.79 Å². The van der Waals surface area contributed by atoms with Gasteiger partial charge in [0.15, 0.2) is 0 Å². The van der Waals surface area contributed by atoms with Crippen molar-refractivity contribution in [2.24, 2.45) is 11.8 Å². The number of aromatic hydroxyl groups is 1. The first kappa shape index (κ1) is 12.9. The van der Waals surface area contributed by atoms with Crippen molar-refractivity contribution in [3.63, 3.8) is 0 Å². The molecule has 3 N–H and O–H groups in total. The Morgan fingerprint density at radius 2 is 2.06 bits per heavy atom. The van der Waals surface area contributed by atoms with Gasteiger partial charge in [0, 0.05) is 5.92 Å². The Labute approximate surface area is 107 Å². The minimum absolute atomic E-state index is 0.0420. The number of phenolic OH excluding ortho intramolecular Hbond substituents is 1. The highest BCUT2D eigenvalue weighted by Crippen LogP contribution is 2.37. The maximum absolute atomic E-state index is 11.8. The van der Waals surface area contributed by atoms with Gasteiger partial charge in [0.2, 0.25) is 5.91 Å². The molecule has 1 fully saturated rings. The number of carbonyl (C=O) groups excluding carboxylic acids is 1. The van der Waals surface area contributed by atoms with E-state index >= 15 is 0 Å². The van der Waals surface area contributed by atoms with Gasteiger partial charge in [-0.1, -0.05) is 19.1 Å². The normalized spacial score (nSPS) is 23.4. The number of aliphatic hydroxyl groups excluding tert-OH is 1. The summed E-state index contributed by atoms with van der Waals surface area (Å²) in [6.45, 7) is 1.98. The lowest BCUT2D eigenvalue weighted by Gasteiger charge is -2.16. The molecule has 0 bridgehead atoms. The standard InChI is InChI=1S/C14H19NO3/c1-9-6-13(9)14(18)15-11(8-16)7-10-2-4-12(17)5-3-10/h2-5,9,11,13,16-17H,6-8H2,1H3,(H,15,18)/t9?,11-,13?/m0/s1. The Morgan fingerprint density at radius 1 is 1.44 bits per heavy atom. The summed E-state index contributed by atoms with van der Waals surface area (Å²) in [4.78, 5) is 11.8. The molecule has 1 saturated carbocycles. The van der Waals surface area contributed by atoms with Crippen molar-refractivity contribution in [1.82, 2.24) is 5.32 Å². The van der Waals surface area contributed by atoms with Gasteiger partial charge in [-0.15, -0.1) is 0 Å².